The summed E-state index contributed by atoms with van der Waals surface area (Å²) in [6, 6.07) is 8.02. The number of nitrogens with one attached hydrogen (secondary N) is 1. The van der Waals surface area contributed by atoms with Crippen molar-refractivity contribution in [2.24, 2.45) is 10.3 Å². The topological polar surface area (TPSA) is 94.4 Å². The number of aryl methyl sites for hydroxylation is 1. The lowest BCUT2D eigenvalue weighted by molar-refractivity contribution is -0.123. The van der Waals surface area contributed by atoms with Crippen LogP contribution in [0, 0.1) is 12.7 Å². The summed E-state index contributed by atoms with van der Waals surface area (Å²) in [5.74, 6) is -2.05. The number of carbonyl (C=O) groups is 3. The van der Waals surface area contributed by atoms with Crippen LogP contribution in [-0.2, 0) is 14.4 Å². The molecule has 2 aromatic carbocycles. The van der Waals surface area contributed by atoms with Crippen LogP contribution in [0.1, 0.15) is 5.56 Å². The number of halogens is 2. The van der Waals surface area contributed by atoms with Gasteiger partial charge in [-0.25, -0.2) is 9.29 Å². The number of hydrogen-bond acceptors (Lipinski definition) is 6. The van der Waals surface area contributed by atoms with E-state index in [2.05, 4.69) is 15.7 Å². The molecule has 4 rings (SSSR count). The van der Waals surface area contributed by atoms with Crippen LogP contribution < -0.4 is 10.2 Å². The van der Waals surface area contributed by atoms with Crippen LogP contribution in [0.2, 0.25) is 5.02 Å². The number of rotatable bonds is 4. The van der Waals surface area contributed by atoms with Crippen LogP contribution in [0.4, 0.5) is 15.8 Å². The number of benzene rings is 2. The average Bonchev–Trinajstić information content (AvgIpc) is 3.19. The van der Waals surface area contributed by atoms with Crippen LogP contribution in [0.5, 0.6) is 0 Å². The predicted octanol–water partition coefficient (Wildman–Crippen LogP) is 2.72. The molecule has 0 bridgehead atoms. The summed E-state index contributed by atoms with van der Waals surface area (Å²) in [6.07, 6.45) is 0. The van der Waals surface area contributed by atoms with E-state index in [1.807, 2.05) is 6.92 Å². The van der Waals surface area contributed by atoms with Gasteiger partial charge >= 0.3 is 0 Å². The van der Waals surface area contributed by atoms with Gasteiger partial charge in [0.25, 0.3) is 11.8 Å². The molecule has 0 aliphatic carbocycles. The minimum Gasteiger partial charge on any atom is -0.324 e. The highest BCUT2D eigenvalue weighted by Gasteiger charge is 2.55. The molecule has 2 heterocycles. The van der Waals surface area contributed by atoms with E-state index in [1.165, 1.54) is 17.1 Å². The largest absolute Gasteiger partial charge is 0.324 e. The maximum absolute atomic E-state index is 13.2. The molecule has 3 amide bonds. The third-order valence-corrected chi connectivity index (χ3v) is 4.96. The van der Waals surface area contributed by atoms with Crippen molar-refractivity contribution in [3.05, 3.63) is 58.9 Å². The number of fused-ring (bicyclic) bond motifs is 1. The zero-order valence-electron chi connectivity index (χ0n) is 15.2. The van der Waals surface area contributed by atoms with Crippen LogP contribution in [0.3, 0.4) is 0 Å². The molecule has 0 aromatic heterocycles. The number of nitrogens with zero attached hydrogens (tertiary/aromatic N) is 4. The smallest absolute Gasteiger partial charge is 0.263 e. The highest BCUT2D eigenvalue weighted by Crippen LogP contribution is 2.32. The fourth-order valence-electron chi connectivity index (χ4n) is 3.26. The standard InChI is InChI=1S/C19H15ClFN5O3/c1-10-2-3-11(20)8-14(10)22-15(27)9-25-17-16(23-24-25)18(28)26(19(17)29)13-6-4-12(21)5-7-13/h2-8,16-17H,9H2,1H3,(H,22,27)/t16-,17+/m0/s1. The Morgan fingerprint density at radius 3 is 2.62 bits per heavy atom. The Kier molecular flexibility index (Phi) is 4.75. The van der Waals surface area contributed by atoms with E-state index >= 15 is 0 Å². The summed E-state index contributed by atoms with van der Waals surface area (Å²) >= 11 is 5.96. The molecule has 2 aromatic rings. The maximum atomic E-state index is 13.2. The van der Waals surface area contributed by atoms with Crippen molar-refractivity contribution in [3.8, 4) is 0 Å². The number of hydrogen-bond donors (Lipinski definition) is 1. The van der Waals surface area contributed by atoms with Crippen molar-refractivity contribution in [3.63, 3.8) is 0 Å². The van der Waals surface area contributed by atoms with Crippen LogP contribution in [0.15, 0.2) is 52.8 Å². The zero-order valence-corrected chi connectivity index (χ0v) is 15.9. The first kappa shape index (κ1) is 19.0. The van der Waals surface area contributed by atoms with Gasteiger partial charge in [-0.1, -0.05) is 22.9 Å². The second kappa shape index (κ2) is 7.25. The highest BCUT2D eigenvalue weighted by molar-refractivity contribution is 6.31. The van der Waals surface area contributed by atoms with Gasteiger partial charge in [-0.3, -0.25) is 19.4 Å². The second-order valence-corrected chi connectivity index (χ2v) is 7.12. The quantitative estimate of drug-likeness (QED) is 0.777. The van der Waals surface area contributed by atoms with Crippen molar-refractivity contribution >= 4 is 40.7 Å². The Bertz CT molecular complexity index is 1040. The Morgan fingerprint density at radius 1 is 1.17 bits per heavy atom. The Balaban J connectivity index is 1.49. The van der Waals surface area contributed by atoms with E-state index in [4.69, 9.17) is 11.6 Å². The van der Waals surface area contributed by atoms with Gasteiger partial charge in [0.05, 0.1) is 5.69 Å². The summed E-state index contributed by atoms with van der Waals surface area (Å²) < 4.78 is 13.2. The van der Waals surface area contributed by atoms with Crippen LogP contribution in [-0.4, -0.2) is 41.4 Å². The molecule has 8 nitrogen and oxygen atoms in total. The molecule has 0 spiro atoms. The van der Waals surface area contributed by atoms with Gasteiger partial charge in [0.1, 0.15) is 12.4 Å². The van der Waals surface area contributed by atoms with Gasteiger partial charge in [-0.05, 0) is 48.9 Å². The summed E-state index contributed by atoms with van der Waals surface area (Å²) in [5, 5.41) is 12.1. The average molecular weight is 416 g/mol. The zero-order chi connectivity index (χ0) is 20.7. The molecule has 0 unspecified atom stereocenters. The molecule has 2 aliphatic rings. The van der Waals surface area contributed by atoms with E-state index in [0.717, 1.165) is 22.6 Å². The lowest BCUT2D eigenvalue weighted by Crippen LogP contribution is -2.43. The molecule has 1 fully saturated rings. The van der Waals surface area contributed by atoms with E-state index in [9.17, 15) is 18.8 Å². The summed E-state index contributed by atoms with van der Waals surface area (Å²) in [5.41, 5.74) is 1.60. The first-order valence-electron chi connectivity index (χ1n) is 8.72. The normalized spacial score (nSPS) is 20.4. The summed E-state index contributed by atoms with van der Waals surface area (Å²) in [6.45, 7) is 1.55. The van der Waals surface area contributed by atoms with Crippen molar-refractivity contribution < 1.29 is 18.8 Å². The molecule has 2 atom stereocenters. The van der Waals surface area contributed by atoms with Crippen molar-refractivity contribution in [2.75, 3.05) is 16.8 Å². The van der Waals surface area contributed by atoms with E-state index in [-0.39, 0.29) is 12.2 Å². The first-order chi connectivity index (χ1) is 13.8. The van der Waals surface area contributed by atoms with Crippen LogP contribution >= 0.6 is 11.6 Å². The molecule has 29 heavy (non-hydrogen) atoms. The Labute approximate surface area is 169 Å². The molecule has 0 radical (unpaired) electrons. The molecule has 148 valence electrons. The highest BCUT2D eigenvalue weighted by atomic mass is 35.5. The molecule has 1 saturated heterocycles. The minimum atomic E-state index is -1.03. The maximum Gasteiger partial charge on any atom is 0.263 e. The van der Waals surface area contributed by atoms with Gasteiger partial charge in [-0.15, -0.1) is 0 Å². The first-order valence-corrected chi connectivity index (χ1v) is 9.10. The molecular weight excluding hydrogens is 401 g/mol. The molecule has 0 saturated carbocycles. The fraction of sp³-hybridized carbons (Fsp3) is 0.211. The number of imide groups is 1. The number of anilines is 2. The third kappa shape index (κ3) is 3.44. The van der Waals surface area contributed by atoms with Gasteiger partial charge < -0.3 is 5.32 Å². The second-order valence-electron chi connectivity index (χ2n) is 6.69. The lowest BCUT2D eigenvalue weighted by atomic mass is 10.1. The molecule has 10 heteroatoms. The SMILES string of the molecule is Cc1ccc(Cl)cc1NC(=O)CN1N=N[C@@H]2C(=O)N(c3ccc(F)cc3)C(=O)[C@@H]21. The van der Waals surface area contributed by atoms with Gasteiger partial charge in [-0.2, -0.15) is 5.11 Å². The molecular formula is C19H15ClFN5O3. The van der Waals surface area contributed by atoms with E-state index in [1.54, 1.807) is 18.2 Å². The predicted molar refractivity (Wildman–Crippen MR) is 103 cm³/mol. The third-order valence-electron chi connectivity index (χ3n) is 4.72. The van der Waals surface area contributed by atoms with Gasteiger partial charge in [0.15, 0.2) is 12.1 Å². The van der Waals surface area contributed by atoms with Crippen LogP contribution in [0.25, 0.3) is 0 Å². The summed E-state index contributed by atoms with van der Waals surface area (Å²) in [7, 11) is 0. The van der Waals surface area contributed by atoms with E-state index in [0.29, 0.717) is 10.7 Å². The van der Waals surface area contributed by atoms with Crippen molar-refractivity contribution in [1.82, 2.24) is 5.01 Å². The Hall–Kier alpha value is -3.33. The fourth-order valence-corrected chi connectivity index (χ4v) is 3.44. The molecule has 2 aliphatic heterocycles. The van der Waals surface area contributed by atoms with Gasteiger partial charge in [0, 0.05) is 10.7 Å². The monoisotopic (exact) mass is 415 g/mol. The minimum absolute atomic E-state index is 0.241. The van der Waals surface area contributed by atoms with E-state index < -0.39 is 35.6 Å². The number of amides is 3. The van der Waals surface area contributed by atoms with Gasteiger partial charge in [0.2, 0.25) is 5.91 Å². The molecule has 1 N–H and O–H groups in total. The van der Waals surface area contributed by atoms with Crippen molar-refractivity contribution in [2.45, 2.75) is 19.0 Å². The summed E-state index contributed by atoms with van der Waals surface area (Å²) in [4.78, 5) is 38.8. The lowest BCUT2D eigenvalue weighted by Gasteiger charge is -2.20. The van der Waals surface area contributed by atoms with Crippen molar-refractivity contribution in [1.29, 1.82) is 0 Å². The Morgan fingerprint density at radius 2 is 1.90 bits per heavy atom. The number of carbonyl (C=O) groups excluding carboxylic acids is 3.